The summed E-state index contributed by atoms with van der Waals surface area (Å²) in [6.07, 6.45) is 0. The first-order valence-electron chi connectivity index (χ1n) is 19.0. The van der Waals surface area contributed by atoms with Gasteiger partial charge in [0.1, 0.15) is 0 Å². The first-order chi connectivity index (χ1) is 27.8. The molecule has 0 aliphatic heterocycles. The molecule has 56 heavy (non-hydrogen) atoms. The van der Waals surface area contributed by atoms with Gasteiger partial charge in [-0.25, -0.2) is 0 Å². The summed E-state index contributed by atoms with van der Waals surface area (Å²) in [6.45, 7) is 0. The molecule has 0 atom stereocenters. The molecule has 0 aliphatic carbocycles. The summed E-state index contributed by atoms with van der Waals surface area (Å²) in [5.41, 5.74) is 13.4. The summed E-state index contributed by atoms with van der Waals surface area (Å²) in [5, 5.41) is 7.08. The Bertz CT molecular complexity index is 2930. The van der Waals surface area contributed by atoms with Crippen molar-refractivity contribution in [3.63, 3.8) is 0 Å². The second kappa shape index (κ2) is 14.3. The van der Waals surface area contributed by atoms with Gasteiger partial charge in [0.15, 0.2) is 0 Å². The van der Waals surface area contributed by atoms with E-state index in [-0.39, 0.29) is 0 Å². The topological polar surface area (TPSA) is 0 Å². The lowest BCUT2D eigenvalue weighted by atomic mass is 9.82. The van der Waals surface area contributed by atoms with E-state index in [1.807, 2.05) is 36.4 Å². The van der Waals surface area contributed by atoms with E-state index in [1.165, 1.54) is 54.9 Å². The molecule has 258 valence electrons. The molecule has 0 aliphatic rings. The summed E-state index contributed by atoms with van der Waals surface area (Å²) in [4.78, 5) is 0. The number of hydrogen-bond acceptors (Lipinski definition) is 0. The zero-order valence-corrected chi connectivity index (χ0v) is 30.6. The molecule has 0 fully saturated rings. The number of benzene rings is 10. The molecule has 10 rings (SSSR count). The minimum absolute atomic E-state index is 0.989. The molecule has 0 aromatic heterocycles. The monoisotopic (exact) mass is 706 g/mol. The maximum atomic E-state index is 3.64. The Balaban J connectivity index is 1.34. The van der Waals surface area contributed by atoms with Crippen molar-refractivity contribution in [1.29, 1.82) is 0 Å². The summed E-state index contributed by atoms with van der Waals surface area (Å²) < 4.78 is 0. The van der Waals surface area contributed by atoms with Crippen LogP contribution in [0.1, 0.15) is 22.3 Å². The lowest BCUT2D eigenvalue weighted by Crippen LogP contribution is -1.96. The Hall–Kier alpha value is -7.64. The molecule has 0 amide bonds. The smallest absolute Gasteiger partial charge is 0.0334 e. The molecule has 0 nitrogen and oxygen atoms in total. The summed E-state index contributed by atoms with van der Waals surface area (Å²) in [7, 11) is 0. The molecule has 0 radical (unpaired) electrons. The molecule has 10 aromatic rings. The Morgan fingerprint density at radius 3 is 0.946 bits per heavy atom. The Labute approximate surface area is 327 Å². The van der Waals surface area contributed by atoms with Gasteiger partial charge in [0, 0.05) is 22.3 Å². The van der Waals surface area contributed by atoms with Gasteiger partial charge in [0.2, 0.25) is 0 Å². The fourth-order valence-corrected chi connectivity index (χ4v) is 8.14. The molecule has 0 unspecified atom stereocenters. The minimum atomic E-state index is 0.989. The maximum Gasteiger partial charge on any atom is 0.0334 e. The van der Waals surface area contributed by atoms with Gasteiger partial charge in [0.05, 0.1) is 0 Å². The fourth-order valence-electron chi connectivity index (χ4n) is 8.14. The van der Waals surface area contributed by atoms with Gasteiger partial charge in [-0.3, -0.25) is 0 Å². The molecule has 0 bridgehead atoms. The van der Waals surface area contributed by atoms with E-state index >= 15 is 0 Å². The van der Waals surface area contributed by atoms with Gasteiger partial charge in [-0.05, 0) is 113 Å². The standard InChI is InChI=1S/C56H34/c1-5-17-39(18-6-1)29-31-43-37-53(49-27-15-13-25-45(49)41-21-9-3-10-22-41)51-36-34-48-44(32-30-40-19-7-2-8-20-40)38-54(52-35-33-47(43)55(51)56(48)52)50-28-16-14-26-46(50)42-23-11-4-12-24-42/h1-28,33-38H. The van der Waals surface area contributed by atoms with E-state index in [9.17, 15) is 0 Å². The third-order valence-corrected chi connectivity index (χ3v) is 10.7. The van der Waals surface area contributed by atoms with E-state index in [1.54, 1.807) is 0 Å². The minimum Gasteiger partial charge on any atom is -0.0622 e. The van der Waals surface area contributed by atoms with Gasteiger partial charge in [-0.2, -0.15) is 0 Å². The molecule has 0 saturated heterocycles. The van der Waals surface area contributed by atoms with Crippen molar-refractivity contribution in [2.24, 2.45) is 0 Å². The number of hydrogen-bond donors (Lipinski definition) is 0. The van der Waals surface area contributed by atoms with E-state index in [4.69, 9.17) is 0 Å². The van der Waals surface area contributed by atoms with E-state index in [2.05, 4.69) is 194 Å². The van der Waals surface area contributed by atoms with Crippen LogP contribution >= 0.6 is 0 Å². The third-order valence-electron chi connectivity index (χ3n) is 10.7. The van der Waals surface area contributed by atoms with Crippen LogP contribution in [0.2, 0.25) is 0 Å². The summed E-state index contributed by atoms with van der Waals surface area (Å²) in [5.74, 6) is 14.3. The predicted molar refractivity (Wildman–Crippen MR) is 237 cm³/mol. The summed E-state index contributed by atoms with van der Waals surface area (Å²) in [6, 6.07) is 73.2. The van der Waals surface area contributed by atoms with Crippen molar-refractivity contribution in [2.45, 2.75) is 0 Å². The van der Waals surface area contributed by atoms with Crippen LogP contribution in [-0.2, 0) is 0 Å². The predicted octanol–water partition coefficient (Wildman–Crippen LogP) is 14.1. The van der Waals surface area contributed by atoms with Gasteiger partial charge in [-0.1, -0.05) is 194 Å². The molecule has 0 saturated carbocycles. The lowest BCUT2D eigenvalue weighted by molar-refractivity contribution is 1.59. The molecular formula is C56H34. The van der Waals surface area contributed by atoms with Crippen molar-refractivity contribution >= 4 is 32.3 Å². The normalized spacial score (nSPS) is 10.9. The van der Waals surface area contributed by atoms with Crippen LogP contribution in [-0.4, -0.2) is 0 Å². The molecule has 0 N–H and O–H groups in total. The van der Waals surface area contributed by atoms with Crippen LogP contribution in [0.3, 0.4) is 0 Å². The average Bonchev–Trinajstić information content (AvgIpc) is 3.28. The van der Waals surface area contributed by atoms with Crippen LogP contribution < -0.4 is 0 Å². The van der Waals surface area contributed by atoms with Crippen molar-refractivity contribution in [3.05, 3.63) is 229 Å². The maximum absolute atomic E-state index is 3.64. The Morgan fingerprint density at radius 2 is 0.554 bits per heavy atom. The van der Waals surface area contributed by atoms with Gasteiger partial charge in [-0.15, -0.1) is 0 Å². The van der Waals surface area contributed by atoms with Crippen LogP contribution in [0, 0.1) is 23.7 Å². The second-order valence-electron chi connectivity index (χ2n) is 14.1. The van der Waals surface area contributed by atoms with E-state index in [0.717, 1.165) is 44.2 Å². The Morgan fingerprint density at radius 1 is 0.232 bits per heavy atom. The quantitative estimate of drug-likeness (QED) is 0.126. The van der Waals surface area contributed by atoms with Crippen molar-refractivity contribution in [3.8, 4) is 68.2 Å². The van der Waals surface area contributed by atoms with E-state index in [0.29, 0.717) is 0 Å². The highest BCUT2D eigenvalue weighted by atomic mass is 14.2. The summed E-state index contributed by atoms with van der Waals surface area (Å²) >= 11 is 0. The van der Waals surface area contributed by atoms with Crippen molar-refractivity contribution in [2.75, 3.05) is 0 Å². The van der Waals surface area contributed by atoms with Crippen LogP contribution in [0.4, 0.5) is 0 Å². The van der Waals surface area contributed by atoms with Crippen LogP contribution in [0.25, 0.3) is 76.8 Å². The first-order valence-corrected chi connectivity index (χ1v) is 19.0. The highest BCUT2D eigenvalue weighted by Gasteiger charge is 2.21. The highest BCUT2D eigenvalue weighted by Crippen LogP contribution is 2.47. The second-order valence-corrected chi connectivity index (χ2v) is 14.1. The SMILES string of the molecule is C(#Cc1cc(-c2ccccc2-c2ccccc2)c2ccc3c(C#Cc4ccccc4)cc(-c4ccccc4-c4ccccc4)c4ccc1c2c34)c1ccccc1. The van der Waals surface area contributed by atoms with Gasteiger partial charge < -0.3 is 0 Å². The van der Waals surface area contributed by atoms with E-state index < -0.39 is 0 Å². The molecule has 0 spiro atoms. The van der Waals surface area contributed by atoms with Gasteiger partial charge in [0.25, 0.3) is 0 Å². The largest absolute Gasteiger partial charge is 0.0622 e. The molecule has 0 heterocycles. The third kappa shape index (κ3) is 5.97. The molecular weight excluding hydrogens is 673 g/mol. The lowest BCUT2D eigenvalue weighted by Gasteiger charge is -2.21. The van der Waals surface area contributed by atoms with Crippen molar-refractivity contribution in [1.82, 2.24) is 0 Å². The molecule has 10 aromatic carbocycles. The van der Waals surface area contributed by atoms with Gasteiger partial charge >= 0.3 is 0 Å². The number of rotatable bonds is 4. The Kier molecular flexibility index (Phi) is 8.42. The van der Waals surface area contributed by atoms with Crippen molar-refractivity contribution < 1.29 is 0 Å². The zero-order valence-electron chi connectivity index (χ0n) is 30.6. The first kappa shape index (κ1) is 33.0. The average molecular weight is 707 g/mol. The highest BCUT2D eigenvalue weighted by molar-refractivity contribution is 6.30. The molecule has 0 heteroatoms. The van der Waals surface area contributed by atoms with Crippen LogP contribution in [0.5, 0.6) is 0 Å². The zero-order chi connectivity index (χ0) is 37.3. The fraction of sp³-hybridized carbons (Fsp3) is 0. The van der Waals surface area contributed by atoms with Crippen LogP contribution in [0.15, 0.2) is 206 Å².